The van der Waals surface area contributed by atoms with Crippen molar-refractivity contribution < 1.29 is 27.5 Å². The molecule has 0 unspecified atom stereocenters. The molecule has 2 heterocycles. The summed E-state index contributed by atoms with van der Waals surface area (Å²) in [6, 6.07) is 19.7. The van der Waals surface area contributed by atoms with Crippen molar-refractivity contribution >= 4 is 39.2 Å². The van der Waals surface area contributed by atoms with Crippen molar-refractivity contribution in [1.29, 1.82) is 0 Å². The van der Waals surface area contributed by atoms with Gasteiger partial charge in [-0.3, -0.25) is 9.59 Å². The molecule has 1 N–H and O–H groups in total. The Morgan fingerprint density at radius 2 is 1.71 bits per heavy atom. The van der Waals surface area contributed by atoms with Gasteiger partial charge in [0.1, 0.15) is 6.61 Å². The number of amides is 1. The van der Waals surface area contributed by atoms with E-state index in [0.717, 1.165) is 14.7 Å². The van der Waals surface area contributed by atoms with Crippen molar-refractivity contribution in [2.45, 2.75) is 26.0 Å². The van der Waals surface area contributed by atoms with Crippen molar-refractivity contribution in [1.82, 2.24) is 9.03 Å². The molecule has 2 aromatic carbocycles. The molecule has 10 heteroatoms. The largest absolute Gasteiger partial charge is 0.456 e. The smallest absolute Gasteiger partial charge is 0.338 e. The predicted octanol–water partition coefficient (Wildman–Crippen LogP) is 3.10. The van der Waals surface area contributed by atoms with E-state index in [2.05, 4.69) is 0 Å². The molecule has 1 aliphatic heterocycles. The Hall–Kier alpha value is -3.34. The summed E-state index contributed by atoms with van der Waals surface area (Å²) in [4.78, 5) is 37.5. The van der Waals surface area contributed by atoms with E-state index in [4.69, 9.17) is 4.74 Å². The lowest BCUT2D eigenvalue weighted by molar-refractivity contribution is -0.118. The Bertz CT molecular complexity index is 1300. The number of nitrogens with one attached hydrogen (secondary N) is 1. The summed E-state index contributed by atoms with van der Waals surface area (Å²) in [5.74, 6) is -1.05. The number of rotatable bonds is 9. The molecule has 0 bridgehead atoms. The first-order valence-electron chi connectivity index (χ1n) is 10.5. The zero-order valence-electron chi connectivity index (χ0n) is 18.1. The predicted molar refractivity (Wildman–Crippen MR) is 126 cm³/mol. The molecule has 0 spiro atoms. The highest BCUT2D eigenvalue weighted by atomic mass is 32.2. The van der Waals surface area contributed by atoms with Crippen molar-refractivity contribution in [3.63, 3.8) is 0 Å². The number of Topliss-reactive ketones (excluding diaryl/α,β-unsaturated/α-hetero) is 1. The number of esters is 1. The van der Waals surface area contributed by atoms with Crippen molar-refractivity contribution in [3.05, 3.63) is 93.2 Å². The van der Waals surface area contributed by atoms with E-state index >= 15 is 0 Å². The molecule has 176 valence electrons. The first kappa shape index (κ1) is 23.8. The standard InChI is InChI=1S/C24H22N2O6S2/c27-21(12-8-17-4-2-1-3-5-17)22-13-11-20(33-22)16-32-24(29)19-9-6-18(7-10-19)14-26-15-23(28)25-34(26,30)31/h1-7,9-11,13H,8,12,14-16H2,(H,25,28). The van der Waals surface area contributed by atoms with Crippen LogP contribution in [0.1, 0.15) is 42.5 Å². The van der Waals surface area contributed by atoms with Gasteiger partial charge in [-0.25, -0.2) is 9.52 Å². The highest BCUT2D eigenvalue weighted by Gasteiger charge is 2.33. The van der Waals surface area contributed by atoms with Crippen LogP contribution in [0.25, 0.3) is 0 Å². The van der Waals surface area contributed by atoms with E-state index in [1.165, 1.54) is 11.3 Å². The maximum absolute atomic E-state index is 12.4. The maximum atomic E-state index is 12.4. The number of hydrogen-bond acceptors (Lipinski definition) is 7. The number of ether oxygens (including phenoxy) is 1. The van der Waals surface area contributed by atoms with Gasteiger partial charge in [0.15, 0.2) is 5.78 Å². The van der Waals surface area contributed by atoms with Gasteiger partial charge >= 0.3 is 16.2 Å². The third-order valence-electron chi connectivity index (χ3n) is 5.22. The van der Waals surface area contributed by atoms with E-state index in [-0.39, 0.29) is 25.5 Å². The normalized spacial score (nSPS) is 15.1. The van der Waals surface area contributed by atoms with Crippen LogP contribution in [0.5, 0.6) is 0 Å². The van der Waals surface area contributed by atoms with Crippen LogP contribution in [0.2, 0.25) is 0 Å². The summed E-state index contributed by atoms with van der Waals surface area (Å²) < 4.78 is 31.9. The second-order valence-corrected chi connectivity index (χ2v) is 10.6. The zero-order chi connectivity index (χ0) is 24.1. The quantitative estimate of drug-likeness (QED) is 0.359. The SMILES string of the molecule is O=C1CN(Cc2ccc(C(=O)OCc3ccc(C(=O)CCc4ccccc4)s3)cc2)S(=O)(=O)N1. The molecule has 0 atom stereocenters. The van der Waals surface area contributed by atoms with Crippen LogP contribution in [0.4, 0.5) is 0 Å². The summed E-state index contributed by atoms with van der Waals surface area (Å²) in [5, 5.41) is 0. The number of nitrogens with zero attached hydrogens (tertiary/aromatic N) is 1. The third-order valence-corrected chi connectivity index (χ3v) is 7.74. The highest BCUT2D eigenvalue weighted by molar-refractivity contribution is 7.88. The van der Waals surface area contributed by atoms with Gasteiger partial charge < -0.3 is 4.74 Å². The molecule has 0 saturated carbocycles. The molecule has 4 rings (SSSR count). The number of ketones is 1. The lowest BCUT2D eigenvalue weighted by atomic mass is 10.1. The molecule has 8 nitrogen and oxygen atoms in total. The summed E-state index contributed by atoms with van der Waals surface area (Å²) in [6.07, 6.45) is 1.09. The molecule has 1 aromatic heterocycles. The van der Waals surface area contributed by atoms with Crippen LogP contribution < -0.4 is 4.72 Å². The molecule has 1 amide bonds. The van der Waals surface area contributed by atoms with Crippen LogP contribution in [0, 0.1) is 0 Å². The minimum atomic E-state index is -3.80. The van der Waals surface area contributed by atoms with Crippen LogP contribution in [0.3, 0.4) is 0 Å². The molecule has 1 saturated heterocycles. The molecular formula is C24H22N2O6S2. The second-order valence-electron chi connectivity index (χ2n) is 7.75. The van der Waals surface area contributed by atoms with E-state index in [1.807, 2.05) is 35.1 Å². The zero-order valence-corrected chi connectivity index (χ0v) is 19.7. The summed E-state index contributed by atoms with van der Waals surface area (Å²) in [5.41, 5.74) is 2.06. The number of thiophene rings is 1. The number of carbonyl (C=O) groups is 3. The molecule has 0 aliphatic carbocycles. The van der Waals surface area contributed by atoms with Gasteiger partial charge in [0, 0.05) is 17.8 Å². The van der Waals surface area contributed by atoms with E-state index in [1.54, 1.807) is 36.4 Å². The second kappa shape index (κ2) is 10.3. The highest BCUT2D eigenvalue weighted by Crippen LogP contribution is 2.21. The molecule has 34 heavy (non-hydrogen) atoms. The maximum Gasteiger partial charge on any atom is 0.338 e. The van der Waals surface area contributed by atoms with Crippen molar-refractivity contribution in [2.75, 3.05) is 6.54 Å². The lowest BCUT2D eigenvalue weighted by Crippen LogP contribution is -2.29. The fourth-order valence-electron chi connectivity index (χ4n) is 3.43. The Balaban J connectivity index is 1.27. The Morgan fingerprint density at radius 1 is 0.971 bits per heavy atom. The van der Waals surface area contributed by atoms with E-state index in [9.17, 15) is 22.8 Å². The lowest BCUT2D eigenvalue weighted by Gasteiger charge is -2.12. The van der Waals surface area contributed by atoms with Gasteiger partial charge in [-0.1, -0.05) is 42.5 Å². The fourth-order valence-corrected chi connectivity index (χ4v) is 5.40. The minimum Gasteiger partial charge on any atom is -0.456 e. The average Bonchev–Trinajstić information content (AvgIpc) is 3.40. The van der Waals surface area contributed by atoms with Crippen LogP contribution in [-0.4, -0.2) is 36.9 Å². The summed E-state index contributed by atoms with van der Waals surface area (Å²) in [6.45, 7) is -0.159. The Kier molecular flexibility index (Phi) is 7.20. The number of benzene rings is 2. The molecule has 1 fully saturated rings. The van der Waals surface area contributed by atoms with Gasteiger partial charge in [0.25, 0.3) is 0 Å². The van der Waals surface area contributed by atoms with Crippen molar-refractivity contribution in [3.8, 4) is 0 Å². The first-order valence-corrected chi connectivity index (χ1v) is 12.8. The van der Waals surface area contributed by atoms with Crippen LogP contribution >= 0.6 is 11.3 Å². The van der Waals surface area contributed by atoms with Crippen LogP contribution in [-0.2, 0) is 39.3 Å². The number of hydrogen-bond donors (Lipinski definition) is 1. The van der Waals surface area contributed by atoms with Gasteiger partial charge in [-0.2, -0.15) is 12.7 Å². The first-order chi connectivity index (χ1) is 16.3. The van der Waals surface area contributed by atoms with Gasteiger partial charge in [0.05, 0.1) is 17.0 Å². The van der Waals surface area contributed by atoms with Gasteiger partial charge in [0.2, 0.25) is 5.91 Å². The number of carbonyl (C=O) groups excluding carboxylic acids is 3. The minimum absolute atomic E-state index is 0.0205. The summed E-state index contributed by atoms with van der Waals surface area (Å²) in [7, 11) is -3.80. The third kappa shape index (κ3) is 5.96. The van der Waals surface area contributed by atoms with Crippen LogP contribution in [0.15, 0.2) is 66.7 Å². The monoisotopic (exact) mass is 498 g/mol. The molecule has 0 radical (unpaired) electrons. The van der Waals surface area contributed by atoms with Gasteiger partial charge in [-0.15, -0.1) is 11.3 Å². The average molecular weight is 499 g/mol. The summed E-state index contributed by atoms with van der Waals surface area (Å²) >= 11 is 1.31. The van der Waals surface area contributed by atoms with Gasteiger partial charge in [-0.05, 0) is 41.8 Å². The molecule has 1 aliphatic rings. The number of aryl methyl sites for hydroxylation is 1. The van der Waals surface area contributed by atoms with Crippen molar-refractivity contribution in [2.24, 2.45) is 0 Å². The van der Waals surface area contributed by atoms with E-state index < -0.39 is 22.1 Å². The molecule has 3 aromatic rings. The Morgan fingerprint density at radius 3 is 2.38 bits per heavy atom. The van der Waals surface area contributed by atoms with E-state index in [0.29, 0.717) is 28.8 Å². The fraction of sp³-hybridized carbons (Fsp3) is 0.208. The molecular weight excluding hydrogens is 476 g/mol. The topological polar surface area (TPSA) is 110 Å². The Labute approximate surface area is 201 Å².